The first kappa shape index (κ1) is 32.5. The Morgan fingerprint density at radius 1 is 0.735 bits per heavy atom. The number of pyridine rings is 1. The Bertz CT molecular complexity index is 1660. The van der Waals surface area contributed by atoms with Crippen molar-refractivity contribution in [2.24, 2.45) is 63.1 Å². The molecule has 8 aliphatic rings. The van der Waals surface area contributed by atoms with Crippen molar-refractivity contribution in [3.8, 4) is 0 Å². The van der Waals surface area contributed by atoms with Gasteiger partial charge in [-0.05, 0) is 175 Å². The van der Waals surface area contributed by atoms with Crippen molar-refractivity contribution in [2.75, 3.05) is 0 Å². The molecule has 12 atom stereocenters. The number of fused-ring (bicyclic) bond motifs is 10. The first-order chi connectivity index (χ1) is 23.5. The van der Waals surface area contributed by atoms with Gasteiger partial charge in [-0.15, -0.1) is 0 Å². The van der Waals surface area contributed by atoms with Crippen molar-refractivity contribution in [2.45, 2.75) is 138 Å². The van der Waals surface area contributed by atoms with E-state index in [1.807, 2.05) is 11.8 Å². The molecule has 0 aromatic carbocycles. The molecular weight excluding hydrogens is 599 g/mol. The van der Waals surface area contributed by atoms with Crippen LogP contribution in [0.15, 0.2) is 65.0 Å². The zero-order chi connectivity index (χ0) is 33.9. The highest BCUT2D eigenvalue weighted by Gasteiger charge is 2.61. The van der Waals surface area contributed by atoms with Gasteiger partial charge < -0.3 is 4.74 Å². The van der Waals surface area contributed by atoms with Crippen molar-refractivity contribution >= 4 is 11.5 Å². The van der Waals surface area contributed by atoms with Gasteiger partial charge in [0, 0.05) is 25.7 Å². The average molecular weight is 660 g/mol. The molecule has 1 aromatic heterocycles. The summed E-state index contributed by atoms with van der Waals surface area (Å²) in [7, 11) is 0. The van der Waals surface area contributed by atoms with E-state index in [0.717, 1.165) is 60.7 Å². The third-order valence-electron chi connectivity index (χ3n) is 17.3. The highest BCUT2D eigenvalue weighted by atomic mass is 16.5. The molecule has 3 nitrogen and oxygen atoms in total. The third-order valence-corrected chi connectivity index (χ3v) is 17.3. The molecule has 1 aromatic rings. The van der Waals surface area contributed by atoms with E-state index in [-0.39, 0.29) is 28.3 Å². The molecule has 4 saturated carbocycles. The molecular formula is C46H61NO2. The summed E-state index contributed by atoms with van der Waals surface area (Å²) in [6.45, 7) is 14.7. The molecule has 0 amide bonds. The molecule has 0 radical (unpaired) electrons. The zero-order valence-corrected chi connectivity index (χ0v) is 31.3. The summed E-state index contributed by atoms with van der Waals surface area (Å²) in [6, 6.07) is 4.57. The van der Waals surface area contributed by atoms with E-state index in [0.29, 0.717) is 5.41 Å². The monoisotopic (exact) mass is 659 g/mol. The van der Waals surface area contributed by atoms with Crippen LogP contribution in [-0.2, 0) is 9.53 Å². The number of hydrogen-bond acceptors (Lipinski definition) is 3. The summed E-state index contributed by atoms with van der Waals surface area (Å²) in [6.07, 6.45) is 30.0. The van der Waals surface area contributed by atoms with E-state index >= 15 is 0 Å². The van der Waals surface area contributed by atoms with Gasteiger partial charge in [0.15, 0.2) is 0 Å². The topological polar surface area (TPSA) is 39.2 Å². The van der Waals surface area contributed by atoms with Gasteiger partial charge >= 0.3 is 5.97 Å². The van der Waals surface area contributed by atoms with Crippen LogP contribution in [0, 0.1) is 63.1 Å². The van der Waals surface area contributed by atoms with Crippen LogP contribution in [0.1, 0.15) is 137 Å². The van der Waals surface area contributed by atoms with Crippen LogP contribution in [0.4, 0.5) is 0 Å². The zero-order valence-electron chi connectivity index (χ0n) is 31.3. The van der Waals surface area contributed by atoms with Gasteiger partial charge in [0.1, 0.15) is 6.10 Å². The number of esters is 1. The van der Waals surface area contributed by atoms with Gasteiger partial charge in [-0.2, -0.15) is 0 Å². The van der Waals surface area contributed by atoms with Crippen molar-refractivity contribution in [3.63, 3.8) is 0 Å². The van der Waals surface area contributed by atoms with Crippen LogP contribution in [0.2, 0.25) is 0 Å². The second-order valence-electron chi connectivity index (χ2n) is 19.4. The summed E-state index contributed by atoms with van der Waals surface area (Å²) in [4.78, 5) is 16.5. The van der Waals surface area contributed by atoms with Crippen molar-refractivity contribution in [1.82, 2.24) is 4.98 Å². The molecule has 6 unspecified atom stereocenters. The third kappa shape index (κ3) is 4.64. The fourth-order valence-electron chi connectivity index (χ4n) is 14.8. The lowest BCUT2D eigenvalue weighted by molar-refractivity contribution is -0.148. The molecule has 262 valence electrons. The van der Waals surface area contributed by atoms with Crippen LogP contribution in [-0.4, -0.2) is 17.1 Å². The molecule has 8 aliphatic carbocycles. The number of ether oxygens (including phenoxy) is 1. The number of aromatic nitrogens is 1. The van der Waals surface area contributed by atoms with E-state index in [9.17, 15) is 4.79 Å². The molecule has 9 rings (SSSR count). The largest absolute Gasteiger partial charge is 0.462 e. The van der Waals surface area contributed by atoms with Crippen LogP contribution >= 0.6 is 0 Å². The van der Waals surface area contributed by atoms with Gasteiger partial charge in [-0.1, -0.05) is 70.1 Å². The van der Waals surface area contributed by atoms with Crippen molar-refractivity contribution in [3.05, 3.63) is 70.6 Å². The van der Waals surface area contributed by atoms with Gasteiger partial charge in [0.25, 0.3) is 0 Å². The van der Waals surface area contributed by atoms with Crippen LogP contribution in [0.25, 0.3) is 5.57 Å². The molecule has 0 saturated heterocycles. The fraction of sp³-hybridized carbons (Fsp3) is 0.696. The minimum Gasteiger partial charge on any atom is -0.462 e. The highest BCUT2D eigenvalue weighted by Crippen LogP contribution is 2.72. The first-order valence-electron chi connectivity index (χ1n) is 20.4. The summed E-state index contributed by atoms with van der Waals surface area (Å²) >= 11 is 0. The predicted octanol–water partition coefficient (Wildman–Crippen LogP) is 11.5. The molecule has 0 spiro atoms. The van der Waals surface area contributed by atoms with E-state index < -0.39 is 0 Å². The lowest BCUT2D eigenvalue weighted by atomic mass is 9.47. The van der Waals surface area contributed by atoms with Crippen LogP contribution in [0.3, 0.4) is 0 Å². The second kappa shape index (κ2) is 11.3. The molecule has 3 heteroatoms. The Kier molecular flexibility index (Phi) is 7.48. The van der Waals surface area contributed by atoms with E-state index in [2.05, 4.69) is 71.2 Å². The molecule has 4 fully saturated rings. The Balaban J connectivity index is 1.05. The smallest absolute Gasteiger partial charge is 0.302 e. The summed E-state index contributed by atoms with van der Waals surface area (Å²) in [5.74, 6) is 5.28. The van der Waals surface area contributed by atoms with Crippen LogP contribution in [0.5, 0.6) is 0 Å². The van der Waals surface area contributed by atoms with E-state index in [4.69, 9.17) is 9.72 Å². The van der Waals surface area contributed by atoms with Gasteiger partial charge in [0.05, 0.1) is 0 Å². The SMILES string of the molecule is CC(=O)O[C@@H]1CC[C@]2(C)C(=CCC3C4CC=C(C5=C(c6cccnc6)[C@@]6(C)CCC7C(CC=C8C[C@@H](C)CC[C@@]87C)C6C5)[C@]4(C)CCC32)C1. The number of carbonyl (C=O) groups is 1. The molecule has 0 aliphatic heterocycles. The number of allylic oxidation sites excluding steroid dienone is 7. The molecule has 0 bridgehead atoms. The maximum atomic E-state index is 11.8. The Morgan fingerprint density at radius 3 is 2.08 bits per heavy atom. The number of rotatable bonds is 3. The van der Waals surface area contributed by atoms with E-state index in [1.54, 1.807) is 29.2 Å². The number of carbonyl (C=O) groups excluding carboxylic acids is 1. The lowest BCUT2D eigenvalue weighted by Gasteiger charge is -2.58. The summed E-state index contributed by atoms with van der Waals surface area (Å²) < 4.78 is 5.74. The maximum absolute atomic E-state index is 11.8. The number of hydrogen-bond donors (Lipinski definition) is 0. The normalized spacial score (nSPS) is 46.9. The Morgan fingerprint density at radius 2 is 1.39 bits per heavy atom. The molecule has 49 heavy (non-hydrogen) atoms. The summed E-state index contributed by atoms with van der Waals surface area (Å²) in [5, 5.41) is 0. The van der Waals surface area contributed by atoms with Gasteiger partial charge in [-0.25, -0.2) is 0 Å². The molecule has 0 N–H and O–H groups in total. The first-order valence-corrected chi connectivity index (χ1v) is 20.4. The Labute approximate surface area is 296 Å². The highest BCUT2D eigenvalue weighted by molar-refractivity contribution is 5.80. The average Bonchev–Trinajstić information content (AvgIpc) is 3.59. The summed E-state index contributed by atoms with van der Waals surface area (Å²) in [5.41, 5.74) is 11.1. The standard InChI is InChI=1S/C46H61NO2/c1-28-15-19-43(3)31(24-28)9-12-35-40(43)18-22-46(6)41(35)26-36(42(46)30-8-7-23-47-27-30)38-14-13-37-34-11-10-32-25-33(49-29(2)48)16-20-44(32,4)39(34)17-21-45(37,38)5/h7-10,14,23,27-28,33-35,37,39-41H,11-13,15-22,24-26H2,1-6H3/t28-,33+,34?,35?,37?,39?,40?,41?,43-,44+,45+,46-/m0/s1. The predicted molar refractivity (Wildman–Crippen MR) is 198 cm³/mol. The van der Waals surface area contributed by atoms with Crippen molar-refractivity contribution in [1.29, 1.82) is 0 Å². The quantitative estimate of drug-likeness (QED) is 0.239. The van der Waals surface area contributed by atoms with E-state index in [1.165, 1.54) is 76.2 Å². The minimum absolute atomic E-state index is 0.0715. The van der Waals surface area contributed by atoms with Gasteiger partial charge in [0.2, 0.25) is 0 Å². The lowest BCUT2D eigenvalue weighted by Crippen LogP contribution is -2.50. The maximum Gasteiger partial charge on any atom is 0.302 e. The van der Waals surface area contributed by atoms with Crippen molar-refractivity contribution < 1.29 is 9.53 Å². The van der Waals surface area contributed by atoms with Crippen LogP contribution < -0.4 is 0 Å². The Hall–Kier alpha value is -2.42. The van der Waals surface area contributed by atoms with Gasteiger partial charge in [-0.3, -0.25) is 9.78 Å². The second-order valence-corrected chi connectivity index (χ2v) is 19.4. The fourth-order valence-corrected chi connectivity index (χ4v) is 14.8. The number of nitrogens with zero attached hydrogens (tertiary/aromatic N) is 1. The molecule has 1 heterocycles. The minimum atomic E-state index is -0.125.